The van der Waals surface area contributed by atoms with Crippen LogP contribution in [0.3, 0.4) is 0 Å². The zero-order valence-corrected chi connectivity index (χ0v) is 34.0. The second kappa shape index (κ2) is 14.8. The van der Waals surface area contributed by atoms with Gasteiger partial charge in [-0.25, -0.2) is 0 Å². The third-order valence-corrected chi connectivity index (χ3v) is 12.6. The summed E-state index contributed by atoms with van der Waals surface area (Å²) in [6.45, 7) is 0. The number of para-hydroxylation sites is 4. The van der Waals surface area contributed by atoms with Gasteiger partial charge >= 0.3 is 0 Å². The van der Waals surface area contributed by atoms with Crippen molar-refractivity contribution in [1.82, 2.24) is 4.57 Å². The molecule has 62 heavy (non-hydrogen) atoms. The first-order valence-corrected chi connectivity index (χ1v) is 21.3. The van der Waals surface area contributed by atoms with Crippen molar-refractivity contribution in [2.75, 3.05) is 4.90 Å². The Morgan fingerprint density at radius 1 is 0.274 bits per heavy atom. The molecule has 0 N–H and O–H groups in total. The van der Waals surface area contributed by atoms with E-state index in [0.717, 1.165) is 28.3 Å². The molecular weight excluding hydrogens is 749 g/mol. The van der Waals surface area contributed by atoms with Crippen molar-refractivity contribution in [3.8, 4) is 39.1 Å². The second-order valence-corrected chi connectivity index (χ2v) is 16.1. The van der Waals surface area contributed by atoms with Crippen molar-refractivity contribution in [2.24, 2.45) is 0 Å². The molecule has 2 nitrogen and oxygen atoms in total. The van der Waals surface area contributed by atoms with Gasteiger partial charge in [-0.1, -0.05) is 188 Å². The van der Waals surface area contributed by atoms with Crippen LogP contribution in [-0.4, -0.2) is 4.57 Å². The third kappa shape index (κ3) is 5.88. The molecule has 0 bridgehead atoms. The lowest BCUT2D eigenvalue weighted by atomic mass is 9.92. The number of benzene rings is 11. The summed E-state index contributed by atoms with van der Waals surface area (Å²) in [6, 6.07) is 88.5. The fourth-order valence-electron chi connectivity index (χ4n) is 9.75. The maximum atomic E-state index is 2.43. The monoisotopic (exact) mass is 788 g/mol. The fourth-order valence-corrected chi connectivity index (χ4v) is 9.75. The molecule has 2 heteroatoms. The van der Waals surface area contributed by atoms with Crippen LogP contribution in [0.2, 0.25) is 0 Å². The first-order valence-electron chi connectivity index (χ1n) is 21.3. The first-order chi connectivity index (χ1) is 30.8. The van der Waals surface area contributed by atoms with E-state index in [-0.39, 0.29) is 0 Å². The molecule has 0 aliphatic carbocycles. The Balaban J connectivity index is 1.03. The van der Waals surface area contributed by atoms with Crippen molar-refractivity contribution in [2.45, 2.75) is 0 Å². The van der Waals surface area contributed by atoms with Gasteiger partial charge in [-0.15, -0.1) is 0 Å². The molecule has 1 aromatic heterocycles. The van der Waals surface area contributed by atoms with E-state index >= 15 is 0 Å². The molecule has 0 aliphatic heterocycles. The van der Waals surface area contributed by atoms with Gasteiger partial charge in [-0.05, 0) is 109 Å². The van der Waals surface area contributed by atoms with Crippen molar-refractivity contribution < 1.29 is 0 Å². The number of fused-ring (bicyclic) bond motifs is 7. The minimum Gasteiger partial charge on any atom is -0.310 e. The number of hydrogen-bond acceptors (Lipinski definition) is 1. The van der Waals surface area contributed by atoms with Crippen molar-refractivity contribution in [3.05, 3.63) is 243 Å². The highest BCUT2D eigenvalue weighted by Crippen LogP contribution is 2.45. The molecule has 1 heterocycles. The maximum Gasteiger partial charge on any atom is 0.0541 e. The van der Waals surface area contributed by atoms with E-state index in [4.69, 9.17) is 0 Å². The molecule has 0 amide bonds. The van der Waals surface area contributed by atoms with Gasteiger partial charge in [0.15, 0.2) is 0 Å². The quantitative estimate of drug-likeness (QED) is 0.146. The maximum absolute atomic E-state index is 2.43. The first kappa shape index (κ1) is 35.7. The highest BCUT2D eigenvalue weighted by Gasteiger charge is 2.21. The van der Waals surface area contributed by atoms with Crippen molar-refractivity contribution >= 4 is 71.2 Å². The van der Waals surface area contributed by atoms with Crippen LogP contribution >= 0.6 is 0 Å². The topological polar surface area (TPSA) is 8.17 Å². The van der Waals surface area contributed by atoms with Crippen molar-refractivity contribution in [3.63, 3.8) is 0 Å². The van der Waals surface area contributed by atoms with Gasteiger partial charge in [-0.2, -0.15) is 0 Å². The molecular formula is C60H40N2. The smallest absolute Gasteiger partial charge is 0.0541 e. The van der Waals surface area contributed by atoms with E-state index in [9.17, 15) is 0 Å². The lowest BCUT2D eigenvalue weighted by Gasteiger charge is -2.29. The Morgan fingerprint density at radius 3 is 1.44 bits per heavy atom. The molecule has 0 unspecified atom stereocenters. The van der Waals surface area contributed by atoms with Crippen LogP contribution in [0, 0.1) is 0 Å². The van der Waals surface area contributed by atoms with Gasteiger partial charge in [0.1, 0.15) is 0 Å². The third-order valence-electron chi connectivity index (χ3n) is 12.6. The minimum absolute atomic E-state index is 1.08. The summed E-state index contributed by atoms with van der Waals surface area (Å²) in [5.41, 5.74) is 14.0. The number of anilines is 3. The summed E-state index contributed by atoms with van der Waals surface area (Å²) < 4.78 is 2.42. The van der Waals surface area contributed by atoms with E-state index in [2.05, 4.69) is 252 Å². The molecule has 12 rings (SSSR count). The predicted octanol–water partition coefficient (Wildman–Crippen LogP) is 16.7. The molecule has 0 spiro atoms. The molecule has 0 saturated heterocycles. The molecule has 0 saturated carbocycles. The molecule has 0 fully saturated rings. The lowest BCUT2D eigenvalue weighted by molar-refractivity contribution is 1.18. The average Bonchev–Trinajstić information content (AvgIpc) is 3.68. The minimum atomic E-state index is 1.08. The van der Waals surface area contributed by atoms with E-state index < -0.39 is 0 Å². The Bertz CT molecular complexity index is 3570. The molecule has 11 aromatic carbocycles. The molecule has 12 aromatic rings. The summed E-state index contributed by atoms with van der Waals surface area (Å²) in [6.07, 6.45) is 0. The Kier molecular flexibility index (Phi) is 8.53. The van der Waals surface area contributed by atoms with E-state index in [0.29, 0.717) is 0 Å². The second-order valence-electron chi connectivity index (χ2n) is 16.1. The van der Waals surface area contributed by atoms with E-state index in [1.165, 1.54) is 81.9 Å². The van der Waals surface area contributed by atoms with Gasteiger partial charge in [0.2, 0.25) is 0 Å². The Morgan fingerprint density at radius 2 is 0.742 bits per heavy atom. The zero-order valence-electron chi connectivity index (χ0n) is 34.0. The molecule has 0 aliphatic rings. The van der Waals surface area contributed by atoms with E-state index in [1.807, 2.05) is 0 Å². The fraction of sp³-hybridized carbons (Fsp3) is 0. The van der Waals surface area contributed by atoms with Crippen LogP contribution < -0.4 is 4.90 Å². The largest absolute Gasteiger partial charge is 0.310 e. The number of aromatic nitrogens is 1. The predicted molar refractivity (Wildman–Crippen MR) is 264 cm³/mol. The van der Waals surface area contributed by atoms with Gasteiger partial charge in [0, 0.05) is 33.3 Å². The summed E-state index contributed by atoms with van der Waals surface area (Å²) in [7, 11) is 0. The number of rotatable bonds is 7. The highest BCUT2D eigenvalue weighted by atomic mass is 15.1. The lowest BCUT2D eigenvalue weighted by Crippen LogP contribution is -2.11. The molecule has 0 radical (unpaired) electrons. The van der Waals surface area contributed by atoms with Gasteiger partial charge in [0.05, 0.1) is 22.4 Å². The summed E-state index contributed by atoms with van der Waals surface area (Å²) in [5.74, 6) is 0. The normalized spacial score (nSPS) is 11.5. The summed E-state index contributed by atoms with van der Waals surface area (Å²) in [4.78, 5) is 2.43. The van der Waals surface area contributed by atoms with Crippen LogP contribution in [-0.2, 0) is 0 Å². The average molecular weight is 789 g/mol. The van der Waals surface area contributed by atoms with Crippen LogP contribution in [0.15, 0.2) is 243 Å². The number of nitrogens with zero attached hydrogens (tertiary/aromatic N) is 2. The van der Waals surface area contributed by atoms with Crippen LogP contribution in [0.5, 0.6) is 0 Å². The summed E-state index contributed by atoms with van der Waals surface area (Å²) >= 11 is 0. The SMILES string of the molecule is c1ccc(N(c2ccc(-c3ccccc3-n3c4ccccc4c4ccccc43)cc2)c2ccc(-c3cccc4ccccc34)cc2)c(-c2cc3ccccc3c3ccccc23)c1. The van der Waals surface area contributed by atoms with Crippen LogP contribution in [0.4, 0.5) is 17.1 Å². The standard InChI is InChI=1S/C60H40N2/c1-3-19-47-41(16-1)18-15-27-48(47)42-32-36-45(37-33-42)61(58-29-12-10-26-55(58)56-40-44-17-2-4-20-49(44)51-22-5-6-23-52(51)56)46-38-34-43(35-39-46)50-21-7-11-28-57(50)62-59-30-13-8-24-53(59)54-25-9-14-31-60(54)62/h1-40H. The van der Waals surface area contributed by atoms with Gasteiger partial charge in [0.25, 0.3) is 0 Å². The molecule has 0 atom stereocenters. The highest BCUT2D eigenvalue weighted by molar-refractivity contribution is 6.15. The molecule has 290 valence electrons. The van der Waals surface area contributed by atoms with E-state index in [1.54, 1.807) is 0 Å². The summed E-state index contributed by atoms with van der Waals surface area (Å²) in [5, 5.41) is 10.0. The van der Waals surface area contributed by atoms with Crippen LogP contribution in [0.25, 0.3) is 93.2 Å². The Labute approximate surface area is 360 Å². The Hall–Kier alpha value is -8.20. The van der Waals surface area contributed by atoms with Crippen molar-refractivity contribution in [1.29, 1.82) is 0 Å². The van der Waals surface area contributed by atoms with Gasteiger partial charge in [-0.3, -0.25) is 0 Å². The van der Waals surface area contributed by atoms with Crippen LogP contribution in [0.1, 0.15) is 0 Å². The van der Waals surface area contributed by atoms with Gasteiger partial charge < -0.3 is 9.47 Å². The zero-order chi connectivity index (χ0) is 41.0. The number of hydrogen-bond donors (Lipinski definition) is 0.